The molecular weight excluding hydrogens is 292 g/mol. The molecule has 0 bridgehead atoms. The predicted molar refractivity (Wildman–Crippen MR) is 87.3 cm³/mol. The summed E-state index contributed by atoms with van der Waals surface area (Å²) in [5, 5.41) is 0. The molecule has 0 aromatic heterocycles. The molecule has 4 nitrogen and oxygen atoms in total. The minimum Gasteiger partial charge on any atom is -0.292 e. The van der Waals surface area contributed by atoms with E-state index < -0.39 is 11.6 Å². The third-order valence-corrected chi connectivity index (χ3v) is 3.03. The second-order valence-electron chi connectivity index (χ2n) is 6.34. The maximum atomic E-state index is 12.4. The summed E-state index contributed by atoms with van der Waals surface area (Å²) in [6.07, 6.45) is 0. The van der Waals surface area contributed by atoms with E-state index in [1.54, 1.807) is 51.1 Å². The van der Waals surface area contributed by atoms with Gasteiger partial charge < -0.3 is 0 Å². The standard InChI is InChI=1S/C19H20O4/c1-13-6-5-7-16(12-13)17(20)14-8-10-15(11-9-14)18(21)22-23-19(2,3)4/h5-12H,1-4H3. The van der Waals surface area contributed by atoms with Crippen molar-refractivity contribution in [2.24, 2.45) is 0 Å². The highest BCUT2D eigenvalue weighted by molar-refractivity contribution is 6.09. The molecule has 0 aliphatic heterocycles. The van der Waals surface area contributed by atoms with E-state index in [1.165, 1.54) is 0 Å². The lowest BCUT2D eigenvalue weighted by molar-refractivity contribution is -0.301. The van der Waals surface area contributed by atoms with Gasteiger partial charge in [0.15, 0.2) is 5.78 Å². The van der Waals surface area contributed by atoms with Gasteiger partial charge in [-0.05, 0) is 45.9 Å². The van der Waals surface area contributed by atoms with E-state index in [0.717, 1.165) is 5.56 Å². The highest BCUT2D eigenvalue weighted by Crippen LogP contribution is 2.14. The van der Waals surface area contributed by atoms with Gasteiger partial charge in [-0.2, -0.15) is 4.89 Å². The lowest BCUT2D eigenvalue weighted by atomic mass is 10.0. The van der Waals surface area contributed by atoms with E-state index in [-0.39, 0.29) is 5.78 Å². The molecule has 0 aliphatic carbocycles. The third-order valence-electron chi connectivity index (χ3n) is 3.03. The van der Waals surface area contributed by atoms with E-state index in [9.17, 15) is 9.59 Å². The number of ketones is 1. The van der Waals surface area contributed by atoms with Gasteiger partial charge in [0.05, 0.1) is 5.56 Å². The molecule has 23 heavy (non-hydrogen) atoms. The van der Waals surface area contributed by atoms with Crippen molar-refractivity contribution in [1.29, 1.82) is 0 Å². The van der Waals surface area contributed by atoms with Gasteiger partial charge in [0, 0.05) is 11.1 Å². The Morgan fingerprint density at radius 3 is 2.04 bits per heavy atom. The fourth-order valence-electron chi connectivity index (χ4n) is 1.92. The van der Waals surface area contributed by atoms with Crippen LogP contribution in [0.1, 0.15) is 52.6 Å². The highest BCUT2D eigenvalue weighted by Gasteiger charge is 2.17. The van der Waals surface area contributed by atoms with Crippen molar-refractivity contribution < 1.29 is 19.4 Å². The summed E-state index contributed by atoms with van der Waals surface area (Å²) in [7, 11) is 0. The van der Waals surface area contributed by atoms with Gasteiger partial charge in [0.2, 0.25) is 0 Å². The van der Waals surface area contributed by atoms with Gasteiger partial charge in [-0.1, -0.05) is 35.9 Å². The Bertz CT molecular complexity index is 709. The van der Waals surface area contributed by atoms with Crippen LogP contribution in [0.25, 0.3) is 0 Å². The van der Waals surface area contributed by atoms with E-state index in [1.807, 2.05) is 25.1 Å². The van der Waals surface area contributed by atoms with Crippen LogP contribution in [-0.4, -0.2) is 17.4 Å². The van der Waals surface area contributed by atoms with Crippen LogP contribution in [0.3, 0.4) is 0 Å². The molecule has 2 aromatic carbocycles. The first-order valence-electron chi connectivity index (χ1n) is 7.38. The first-order valence-corrected chi connectivity index (χ1v) is 7.38. The van der Waals surface area contributed by atoms with Crippen LogP contribution < -0.4 is 0 Å². The van der Waals surface area contributed by atoms with Crippen molar-refractivity contribution in [2.75, 3.05) is 0 Å². The fourth-order valence-corrected chi connectivity index (χ4v) is 1.92. The molecule has 2 rings (SSSR count). The van der Waals surface area contributed by atoms with Crippen molar-refractivity contribution in [2.45, 2.75) is 33.3 Å². The zero-order valence-electron chi connectivity index (χ0n) is 13.8. The Kier molecular flexibility index (Phi) is 4.96. The van der Waals surface area contributed by atoms with Crippen LogP contribution in [0.15, 0.2) is 48.5 Å². The number of carbonyl (C=O) groups is 2. The number of benzene rings is 2. The Labute approximate surface area is 136 Å². The topological polar surface area (TPSA) is 52.6 Å². The van der Waals surface area contributed by atoms with Crippen LogP contribution in [0.5, 0.6) is 0 Å². The monoisotopic (exact) mass is 312 g/mol. The maximum absolute atomic E-state index is 12.4. The largest absolute Gasteiger partial charge is 0.373 e. The highest BCUT2D eigenvalue weighted by atomic mass is 17.2. The number of hydrogen-bond donors (Lipinski definition) is 0. The molecule has 0 amide bonds. The van der Waals surface area contributed by atoms with E-state index >= 15 is 0 Å². The normalized spacial score (nSPS) is 11.1. The second kappa shape index (κ2) is 6.75. The average molecular weight is 312 g/mol. The van der Waals surface area contributed by atoms with Crippen LogP contribution in [0.2, 0.25) is 0 Å². The quantitative estimate of drug-likeness (QED) is 0.484. The van der Waals surface area contributed by atoms with Crippen LogP contribution in [0.4, 0.5) is 0 Å². The van der Waals surface area contributed by atoms with Crippen molar-refractivity contribution in [3.05, 3.63) is 70.8 Å². The number of rotatable bonds is 4. The lowest BCUT2D eigenvalue weighted by Crippen LogP contribution is -2.21. The first kappa shape index (κ1) is 16.9. The molecule has 0 atom stereocenters. The Balaban J connectivity index is 2.10. The molecule has 0 aliphatic rings. The molecule has 2 aromatic rings. The Morgan fingerprint density at radius 2 is 1.48 bits per heavy atom. The minimum absolute atomic E-state index is 0.0837. The molecular formula is C19H20O4. The summed E-state index contributed by atoms with van der Waals surface area (Å²) in [5.41, 5.74) is 1.92. The van der Waals surface area contributed by atoms with Gasteiger partial charge in [0.25, 0.3) is 0 Å². The number of hydrogen-bond acceptors (Lipinski definition) is 4. The zero-order chi connectivity index (χ0) is 17.0. The molecule has 4 heteroatoms. The van der Waals surface area contributed by atoms with Crippen LogP contribution in [-0.2, 0) is 9.78 Å². The summed E-state index contributed by atoms with van der Waals surface area (Å²) >= 11 is 0. The van der Waals surface area contributed by atoms with Gasteiger partial charge in [-0.15, -0.1) is 0 Å². The maximum Gasteiger partial charge on any atom is 0.373 e. The molecule has 0 saturated heterocycles. The van der Waals surface area contributed by atoms with Crippen molar-refractivity contribution in [3.63, 3.8) is 0 Å². The second-order valence-corrected chi connectivity index (χ2v) is 6.34. The fraction of sp³-hybridized carbons (Fsp3) is 0.263. The third kappa shape index (κ3) is 4.76. The summed E-state index contributed by atoms with van der Waals surface area (Å²) in [6.45, 7) is 7.28. The molecule has 0 spiro atoms. The molecule has 0 saturated carbocycles. The lowest BCUT2D eigenvalue weighted by Gasteiger charge is -2.16. The van der Waals surface area contributed by atoms with Gasteiger partial charge in [0.1, 0.15) is 5.60 Å². The number of aryl methyl sites for hydroxylation is 1. The van der Waals surface area contributed by atoms with E-state index in [0.29, 0.717) is 16.7 Å². The molecule has 0 fully saturated rings. The average Bonchev–Trinajstić information content (AvgIpc) is 2.51. The van der Waals surface area contributed by atoms with E-state index in [4.69, 9.17) is 9.78 Å². The van der Waals surface area contributed by atoms with Crippen molar-refractivity contribution in [1.82, 2.24) is 0 Å². The van der Waals surface area contributed by atoms with Gasteiger partial charge in [-0.3, -0.25) is 9.68 Å². The van der Waals surface area contributed by atoms with Gasteiger partial charge in [-0.25, -0.2) is 4.79 Å². The van der Waals surface area contributed by atoms with Crippen molar-refractivity contribution in [3.8, 4) is 0 Å². The first-order chi connectivity index (χ1) is 10.8. The molecule has 0 unspecified atom stereocenters. The van der Waals surface area contributed by atoms with Gasteiger partial charge >= 0.3 is 5.97 Å². The molecule has 0 heterocycles. The predicted octanol–water partition coefficient (Wildman–Crippen LogP) is 4.11. The summed E-state index contributed by atoms with van der Waals surface area (Å²) in [6, 6.07) is 13.7. The molecule has 120 valence electrons. The SMILES string of the molecule is Cc1cccc(C(=O)c2ccc(C(=O)OOC(C)(C)C)cc2)c1. The molecule has 0 radical (unpaired) electrons. The number of carbonyl (C=O) groups excluding carboxylic acids is 2. The van der Waals surface area contributed by atoms with Crippen LogP contribution in [0, 0.1) is 6.92 Å². The summed E-state index contributed by atoms with van der Waals surface area (Å²) in [4.78, 5) is 34.0. The smallest absolute Gasteiger partial charge is 0.292 e. The Hall–Kier alpha value is -2.46. The van der Waals surface area contributed by atoms with Crippen LogP contribution >= 0.6 is 0 Å². The molecule has 0 N–H and O–H groups in total. The summed E-state index contributed by atoms with van der Waals surface area (Å²) < 4.78 is 0. The van der Waals surface area contributed by atoms with E-state index in [2.05, 4.69) is 0 Å². The Morgan fingerprint density at radius 1 is 0.870 bits per heavy atom. The minimum atomic E-state index is -0.588. The zero-order valence-corrected chi connectivity index (χ0v) is 13.8. The van der Waals surface area contributed by atoms with Crippen molar-refractivity contribution >= 4 is 11.8 Å². The summed E-state index contributed by atoms with van der Waals surface area (Å²) in [5.74, 6) is -0.672.